The Labute approximate surface area is 174 Å². The van der Waals surface area contributed by atoms with Crippen molar-refractivity contribution in [3.63, 3.8) is 0 Å². The van der Waals surface area contributed by atoms with Crippen LogP contribution in [0.2, 0.25) is 0 Å². The molecule has 0 radical (unpaired) electrons. The number of hydrogen-bond donors (Lipinski definition) is 4. The Morgan fingerprint density at radius 2 is 1.97 bits per heavy atom. The number of hydrazine groups is 3. The largest absolute Gasteiger partial charge is 0.392 e. The summed E-state index contributed by atoms with van der Waals surface area (Å²) >= 11 is 0. The molecular formula is C19H30F3N7O. The summed E-state index contributed by atoms with van der Waals surface area (Å²) in [5.41, 5.74) is 11.8. The van der Waals surface area contributed by atoms with Crippen LogP contribution in [0.4, 0.5) is 13.2 Å². The number of carbonyl (C=O) groups excluding carboxylic acids is 1. The van der Waals surface area contributed by atoms with E-state index in [4.69, 9.17) is 0 Å². The number of hydrogen-bond acceptors (Lipinski definition) is 7. The molecule has 0 aromatic rings. The van der Waals surface area contributed by atoms with Crippen molar-refractivity contribution in [2.75, 3.05) is 19.6 Å². The molecule has 30 heavy (non-hydrogen) atoms. The van der Waals surface area contributed by atoms with Gasteiger partial charge in [0, 0.05) is 37.8 Å². The molecule has 3 saturated heterocycles. The Balaban J connectivity index is 1.42. The van der Waals surface area contributed by atoms with Crippen LogP contribution in [0.3, 0.4) is 0 Å². The average Bonchev–Trinajstić information content (AvgIpc) is 3.15. The lowest BCUT2D eigenvalue weighted by molar-refractivity contribution is -0.204. The first-order valence-electron chi connectivity index (χ1n) is 10.8. The molecule has 8 nitrogen and oxygen atoms in total. The van der Waals surface area contributed by atoms with E-state index < -0.39 is 23.9 Å². The van der Waals surface area contributed by atoms with E-state index in [2.05, 4.69) is 32.8 Å². The molecule has 0 aromatic carbocycles. The minimum atomic E-state index is -4.16. The molecule has 168 valence electrons. The van der Waals surface area contributed by atoms with Gasteiger partial charge in [-0.3, -0.25) is 15.1 Å². The zero-order valence-electron chi connectivity index (χ0n) is 17.1. The van der Waals surface area contributed by atoms with Crippen LogP contribution in [0.5, 0.6) is 0 Å². The molecule has 4 rings (SSSR count). The third-order valence-electron chi connectivity index (χ3n) is 7.44. The number of halogens is 3. The maximum absolute atomic E-state index is 13.6. The van der Waals surface area contributed by atoms with E-state index in [-0.39, 0.29) is 36.5 Å². The van der Waals surface area contributed by atoms with Crippen molar-refractivity contribution in [3.8, 4) is 6.07 Å². The lowest BCUT2D eigenvalue weighted by Gasteiger charge is -2.45. The predicted octanol–water partition coefficient (Wildman–Crippen LogP) is 0.654. The number of nitrogens with zero attached hydrogens (tertiary/aromatic N) is 3. The highest BCUT2D eigenvalue weighted by Crippen LogP contribution is 2.44. The van der Waals surface area contributed by atoms with Gasteiger partial charge in [0.25, 0.3) is 5.91 Å². The van der Waals surface area contributed by atoms with E-state index in [0.29, 0.717) is 32.5 Å². The zero-order valence-corrected chi connectivity index (χ0v) is 17.1. The van der Waals surface area contributed by atoms with Gasteiger partial charge in [-0.05, 0) is 32.1 Å². The molecule has 4 aliphatic rings. The van der Waals surface area contributed by atoms with E-state index in [0.717, 1.165) is 12.8 Å². The number of piperidine rings is 1. The summed E-state index contributed by atoms with van der Waals surface area (Å²) in [6.07, 6.45) is -1.10. The van der Waals surface area contributed by atoms with Crippen LogP contribution in [-0.2, 0) is 4.79 Å². The second-order valence-electron chi connectivity index (χ2n) is 9.00. The van der Waals surface area contributed by atoms with Crippen molar-refractivity contribution in [1.82, 2.24) is 31.7 Å². The summed E-state index contributed by atoms with van der Waals surface area (Å²) in [6, 6.07) is 1.76. The SMILES string of the molecule is C[C@@H](C1CCCCC1C(F)(F)F)N1NNC2CN(C3CNNC(=O)C3C#N)CCC21. The van der Waals surface area contributed by atoms with Gasteiger partial charge in [-0.15, -0.1) is 0 Å². The zero-order chi connectivity index (χ0) is 21.5. The number of rotatable bonds is 3. The van der Waals surface area contributed by atoms with Crippen LogP contribution in [0, 0.1) is 29.1 Å². The number of nitrogens with one attached hydrogen (secondary N) is 4. The molecule has 6 unspecified atom stereocenters. The van der Waals surface area contributed by atoms with Crippen LogP contribution in [0.1, 0.15) is 39.0 Å². The summed E-state index contributed by atoms with van der Waals surface area (Å²) in [5.74, 6) is -2.72. The fraction of sp³-hybridized carbons (Fsp3) is 0.895. The Bertz CT molecular complexity index is 684. The average molecular weight is 429 g/mol. The highest BCUT2D eigenvalue weighted by atomic mass is 19.4. The second kappa shape index (κ2) is 8.59. The van der Waals surface area contributed by atoms with Crippen LogP contribution in [0.15, 0.2) is 0 Å². The molecule has 3 aliphatic heterocycles. The van der Waals surface area contributed by atoms with Crippen LogP contribution >= 0.6 is 0 Å². The molecule has 3 heterocycles. The number of alkyl halides is 3. The van der Waals surface area contributed by atoms with Crippen molar-refractivity contribution >= 4 is 5.91 Å². The van der Waals surface area contributed by atoms with Crippen LogP contribution < -0.4 is 21.8 Å². The number of carbonyl (C=O) groups is 1. The van der Waals surface area contributed by atoms with Crippen molar-refractivity contribution in [3.05, 3.63) is 0 Å². The van der Waals surface area contributed by atoms with Gasteiger partial charge in [-0.25, -0.2) is 15.9 Å². The van der Waals surface area contributed by atoms with Crippen molar-refractivity contribution in [1.29, 1.82) is 5.26 Å². The molecule has 1 amide bonds. The lowest BCUT2D eigenvalue weighted by Crippen LogP contribution is -2.64. The van der Waals surface area contributed by atoms with E-state index in [1.165, 1.54) is 0 Å². The van der Waals surface area contributed by atoms with Gasteiger partial charge in [0.15, 0.2) is 0 Å². The molecule has 0 bridgehead atoms. The number of fused-ring (bicyclic) bond motifs is 1. The van der Waals surface area contributed by atoms with Gasteiger partial charge in [0.1, 0.15) is 5.92 Å². The normalized spacial score (nSPS) is 39.8. The van der Waals surface area contributed by atoms with E-state index >= 15 is 0 Å². The van der Waals surface area contributed by atoms with E-state index in [9.17, 15) is 23.2 Å². The van der Waals surface area contributed by atoms with Gasteiger partial charge in [-0.1, -0.05) is 12.8 Å². The second-order valence-corrected chi connectivity index (χ2v) is 9.00. The third-order valence-corrected chi connectivity index (χ3v) is 7.44. The minimum absolute atomic E-state index is 0.0263. The van der Waals surface area contributed by atoms with Gasteiger partial charge in [-0.2, -0.15) is 24.0 Å². The molecule has 1 saturated carbocycles. The predicted molar refractivity (Wildman–Crippen MR) is 102 cm³/mol. The maximum atomic E-state index is 13.6. The summed E-state index contributed by atoms with van der Waals surface area (Å²) in [6.45, 7) is 3.72. The van der Waals surface area contributed by atoms with E-state index in [1.54, 1.807) is 0 Å². The Hall–Kier alpha value is -1.45. The summed E-state index contributed by atoms with van der Waals surface area (Å²) in [7, 11) is 0. The first-order chi connectivity index (χ1) is 14.3. The van der Waals surface area contributed by atoms with Gasteiger partial charge in [0.05, 0.1) is 18.0 Å². The smallest absolute Gasteiger partial charge is 0.295 e. The summed E-state index contributed by atoms with van der Waals surface area (Å²) in [5, 5.41) is 11.4. The van der Waals surface area contributed by atoms with Crippen molar-refractivity contribution in [2.45, 2.75) is 69.4 Å². The monoisotopic (exact) mass is 429 g/mol. The third kappa shape index (κ3) is 4.03. The fourth-order valence-electron chi connectivity index (χ4n) is 5.83. The van der Waals surface area contributed by atoms with Gasteiger partial charge >= 0.3 is 6.18 Å². The molecular weight excluding hydrogens is 399 g/mol. The first-order valence-corrected chi connectivity index (χ1v) is 10.8. The van der Waals surface area contributed by atoms with Gasteiger partial charge < -0.3 is 0 Å². The molecule has 1 aliphatic carbocycles. The molecule has 0 aromatic heterocycles. The highest BCUT2D eigenvalue weighted by Gasteiger charge is 2.51. The summed E-state index contributed by atoms with van der Waals surface area (Å²) < 4.78 is 40.8. The fourth-order valence-corrected chi connectivity index (χ4v) is 5.83. The first kappa shape index (κ1) is 21.8. The lowest BCUT2D eigenvalue weighted by atomic mass is 9.74. The standard InChI is InChI=1S/C19H30F3N7O/c1-11(12-4-2-3-5-14(12)19(20,21)22)29-16-6-7-28(10-15(16)25-27-29)17-9-24-26-18(30)13(17)8-23/h11-17,24-25,27H,2-7,9-10H2,1H3,(H,26,30)/t11-,12?,13?,14?,15?,16?,17?/m0/s1. The van der Waals surface area contributed by atoms with Crippen LogP contribution in [-0.4, -0.2) is 65.8 Å². The number of nitriles is 1. The highest BCUT2D eigenvalue weighted by molar-refractivity contribution is 5.82. The Morgan fingerprint density at radius 3 is 2.70 bits per heavy atom. The summed E-state index contributed by atoms with van der Waals surface area (Å²) in [4.78, 5) is 14.1. The minimum Gasteiger partial charge on any atom is -0.295 e. The Kier molecular flexibility index (Phi) is 6.23. The molecule has 7 atom stereocenters. The molecule has 11 heteroatoms. The molecule has 4 N–H and O–H groups in total. The van der Waals surface area contributed by atoms with Crippen molar-refractivity contribution < 1.29 is 18.0 Å². The quantitative estimate of drug-likeness (QED) is 0.523. The molecule has 0 spiro atoms. The van der Waals surface area contributed by atoms with E-state index in [1.807, 2.05) is 11.9 Å². The topological polar surface area (TPSA) is 95.5 Å². The molecule has 4 fully saturated rings. The van der Waals surface area contributed by atoms with Crippen molar-refractivity contribution in [2.24, 2.45) is 17.8 Å². The number of likely N-dealkylation sites (tertiary alicyclic amines) is 1. The number of amides is 1. The van der Waals surface area contributed by atoms with Gasteiger partial charge in [0.2, 0.25) is 0 Å². The maximum Gasteiger partial charge on any atom is 0.392 e. The van der Waals surface area contributed by atoms with Crippen LogP contribution in [0.25, 0.3) is 0 Å². The Morgan fingerprint density at radius 1 is 1.20 bits per heavy atom.